The van der Waals surface area contributed by atoms with Crippen LogP contribution >= 0.6 is 0 Å². The second-order valence-electron chi connectivity index (χ2n) is 8.42. The van der Waals surface area contributed by atoms with Gasteiger partial charge in [0, 0.05) is 61.0 Å². The molecule has 0 aliphatic carbocycles. The maximum Gasteiger partial charge on any atom is 0.223 e. The number of carbonyl (C=O) groups is 1. The number of fused-ring (bicyclic) bond motifs is 1. The molecule has 0 radical (unpaired) electrons. The number of H-pyrrole nitrogens is 1. The van der Waals surface area contributed by atoms with Crippen LogP contribution in [0.15, 0.2) is 72.8 Å². The minimum atomic E-state index is -0.267. The van der Waals surface area contributed by atoms with E-state index in [0.29, 0.717) is 25.9 Å². The lowest BCUT2D eigenvalue weighted by Crippen LogP contribution is -2.48. The van der Waals surface area contributed by atoms with Gasteiger partial charge in [0.05, 0.1) is 0 Å². The van der Waals surface area contributed by atoms with Crippen LogP contribution in [0, 0.1) is 5.82 Å². The van der Waals surface area contributed by atoms with Crippen molar-refractivity contribution in [1.82, 2.24) is 9.88 Å². The number of carbonyl (C=O) groups excluding carboxylic acids is 1. The molecular formula is C27H26FN3O2. The molecule has 3 aromatic carbocycles. The van der Waals surface area contributed by atoms with Gasteiger partial charge in [-0.25, -0.2) is 4.39 Å². The number of aromatic hydroxyl groups is 1. The zero-order valence-corrected chi connectivity index (χ0v) is 18.3. The molecule has 6 heteroatoms. The van der Waals surface area contributed by atoms with Gasteiger partial charge in [0.15, 0.2) is 0 Å². The molecule has 0 unspecified atom stereocenters. The molecule has 0 saturated carbocycles. The van der Waals surface area contributed by atoms with Crippen LogP contribution in [0.1, 0.15) is 12.0 Å². The number of nitrogens with zero attached hydrogens (tertiary/aromatic N) is 2. The molecule has 5 rings (SSSR count). The van der Waals surface area contributed by atoms with Crippen LogP contribution in [0.4, 0.5) is 10.1 Å². The van der Waals surface area contributed by atoms with E-state index < -0.39 is 0 Å². The average molecular weight is 444 g/mol. The summed E-state index contributed by atoms with van der Waals surface area (Å²) >= 11 is 0. The smallest absolute Gasteiger partial charge is 0.223 e. The zero-order valence-electron chi connectivity index (χ0n) is 18.3. The maximum atomic E-state index is 13.4. The molecule has 2 heterocycles. The molecule has 1 amide bonds. The number of piperazine rings is 1. The number of hydrogen-bond donors (Lipinski definition) is 2. The number of anilines is 1. The highest BCUT2D eigenvalue weighted by atomic mass is 19.1. The van der Waals surface area contributed by atoms with Gasteiger partial charge in [-0.1, -0.05) is 24.3 Å². The summed E-state index contributed by atoms with van der Waals surface area (Å²) in [5.41, 5.74) is 4.93. The average Bonchev–Trinajstić information content (AvgIpc) is 3.21. The molecular weight excluding hydrogens is 417 g/mol. The van der Waals surface area contributed by atoms with Gasteiger partial charge in [0.1, 0.15) is 11.6 Å². The summed E-state index contributed by atoms with van der Waals surface area (Å²) < 4.78 is 13.4. The predicted molar refractivity (Wildman–Crippen MR) is 129 cm³/mol. The third-order valence-electron chi connectivity index (χ3n) is 6.36. The second-order valence-corrected chi connectivity index (χ2v) is 8.42. The molecule has 1 fully saturated rings. The molecule has 1 aliphatic rings. The van der Waals surface area contributed by atoms with Gasteiger partial charge in [-0.15, -0.1) is 0 Å². The Morgan fingerprint density at radius 2 is 1.70 bits per heavy atom. The number of para-hydroxylation sites is 1. The fourth-order valence-electron chi connectivity index (χ4n) is 4.62. The third-order valence-corrected chi connectivity index (χ3v) is 6.36. The second kappa shape index (κ2) is 8.98. The first-order valence-corrected chi connectivity index (χ1v) is 11.3. The number of hydrogen-bond acceptors (Lipinski definition) is 3. The number of phenols is 1. The van der Waals surface area contributed by atoms with Crippen molar-refractivity contribution in [2.24, 2.45) is 0 Å². The summed E-state index contributed by atoms with van der Waals surface area (Å²) in [4.78, 5) is 20.6. The maximum absolute atomic E-state index is 13.4. The van der Waals surface area contributed by atoms with Crippen molar-refractivity contribution in [3.8, 4) is 17.0 Å². The van der Waals surface area contributed by atoms with E-state index >= 15 is 0 Å². The molecule has 2 N–H and O–H groups in total. The van der Waals surface area contributed by atoms with Crippen molar-refractivity contribution in [2.75, 3.05) is 31.1 Å². The van der Waals surface area contributed by atoms with Crippen LogP contribution in [-0.4, -0.2) is 47.1 Å². The first-order chi connectivity index (χ1) is 16.1. The van der Waals surface area contributed by atoms with E-state index in [-0.39, 0.29) is 17.5 Å². The lowest BCUT2D eigenvalue weighted by molar-refractivity contribution is -0.131. The normalized spacial score (nSPS) is 14.1. The SMILES string of the molecule is O=C(CCc1c(-c2ccc(F)cc2)[nH]c2ccccc12)N1CCN(c2cccc(O)c2)CC1. The molecule has 1 saturated heterocycles. The summed E-state index contributed by atoms with van der Waals surface area (Å²) in [5.74, 6) is 0.124. The van der Waals surface area contributed by atoms with E-state index in [0.717, 1.165) is 46.5 Å². The highest BCUT2D eigenvalue weighted by molar-refractivity contribution is 5.91. The Balaban J connectivity index is 1.28. The van der Waals surface area contributed by atoms with Crippen molar-refractivity contribution < 1.29 is 14.3 Å². The van der Waals surface area contributed by atoms with Crippen molar-refractivity contribution in [3.05, 3.63) is 84.2 Å². The van der Waals surface area contributed by atoms with Crippen molar-refractivity contribution in [3.63, 3.8) is 0 Å². The van der Waals surface area contributed by atoms with Gasteiger partial charge in [-0.3, -0.25) is 4.79 Å². The first kappa shape index (κ1) is 21.1. The topological polar surface area (TPSA) is 59.6 Å². The lowest BCUT2D eigenvalue weighted by atomic mass is 10.0. The molecule has 168 valence electrons. The van der Waals surface area contributed by atoms with E-state index in [1.54, 1.807) is 24.3 Å². The first-order valence-electron chi connectivity index (χ1n) is 11.3. The standard InChI is InChI=1S/C27H26FN3O2/c28-20-10-8-19(9-11-20)27-24(23-6-1-2-7-25(23)29-27)12-13-26(33)31-16-14-30(15-17-31)21-4-3-5-22(32)18-21/h1-11,18,29,32H,12-17H2. The van der Waals surface area contributed by atoms with E-state index in [1.165, 1.54) is 12.1 Å². The summed E-state index contributed by atoms with van der Waals surface area (Å²) in [6.07, 6.45) is 1.03. The van der Waals surface area contributed by atoms with Gasteiger partial charge in [0.2, 0.25) is 5.91 Å². The van der Waals surface area contributed by atoms with E-state index in [2.05, 4.69) is 16.0 Å². The Hall–Kier alpha value is -3.80. The van der Waals surface area contributed by atoms with Crippen molar-refractivity contribution in [1.29, 1.82) is 0 Å². The van der Waals surface area contributed by atoms with Crippen molar-refractivity contribution in [2.45, 2.75) is 12.8 Å². The molecule has 0 spiro atoms. The molecule has 5 nitrogen and oxygen atoms in total. The summed E-state index contributed by atoms with van der Waals surface area (Å²) in [5, 5.41) is 10.8. The Morgan fingerprint density at radius 3 is 2.45 bits per heavy atom. The van der Waals surface area contributed by atoms with Gasteiger partial charge < -0.3 is 19.9 Å². The highest BCUT2D eigenvalue weighted by Gasteiger charge is 2.22. The van der Waals surface area contributed by atoms with Crippen molar-refractivity contribution >= 4 is 22.5 Å². The predicted octanol–water partition coefficient (Wildman–Crippen LogP) is 4.96. The third kappa shape index (κ3) is 4.42. The van der Waals surface area contributed by atoms with Crippen LogP contribution in [0.25, 0.3) is 22.2 Å². The van der Waals surface area contributed by atoms with Crippen LogP contribution in [0.3, 0.4) is 0 Å². The molecule has 33 heavy (non-hydrogen) atoms. The van der Waals surface area contributed by atoms with Crippen LogP contribution < -0.4 is 4.90 Å². The summed E-state index contributed by atoms with van der Waals surface area (Å²) in [6.45, 7) is 2.80. The number of amides is 1. The van der Waals surface area contributed by atoms with Gasteiger partial charge in [-0.05, 0) is 60.0 Å². The summed E-state index contributed by atoms with van der Waals surface area (Å²) in [7, 11) is 0. The quantitative estimate of drug-likeness (QED) is 0.458. The number of aromatic amines is 1. The Labute approximate surface area is 192 Å². The fourth-order valence-corrected chi connectivity index (χ4v) is 4.62. The molecule has 0 bridgehead atoms. The minimum absolute atomic E-state index is 0.140. The number of phenolic OH excluding ortho intramolecular Hbond substituents is 1. The van der Waals surface area contributed by atoms with Crippen LogP contribution in [0.5, 0.6) is 5.75 Å². The lowest BCUT2D eigenvalue weighted by Gasteiger charge is -2.36. The largest absolute Gasteiger partial charge is 0.508 e. The van der Waals surface area contributed by atoms with Gasteiger partial charge in [-0.2, -0.15) is 0 Å². The van der Waals surface area contributed by atoms with Crippen LogP contribution in [-0.2, 0) is 11.2 Å². The molecule has 0 atom stereocenters. The number of aromatic nitrogens is 1. The van der Waals surface area contributed by atoms with Gasteiger partial charge >= 0.3 is 0 Å². The number of halogens is 1. The summed E-state index contributed by atoms with van der Waals surface area (Å²) in [6, 6.07) is 21.8. The molecule has 1 aromatic heterocycles. The Kier molecular flexibility index (Phi) is 5.73. The fraction of sp³-hybridized carbons (Fsp3) is 0.222. The van der Waals surface area contributed by atoms with E-state index in [1.807, 2.05) is 35.2 Å². The zero-order chi connectivity index (χ0) is 22.8. The molecule has 4 aromatic rings. The van der Waals surface area contributed by atoms with Gasteiger partial charge in [0.25, 0.3) is 0 Å². The monoisotopic (exact) mass is 443 g/mol. The number of nitrogens with one attached hydrogen (secondary N) is 1. The van der Waals surface area contributed by atoms with Crippen LogP contribution in [0.2, 0.25) is 0 Å². The number of aryl methyl sites for hydroxylation is 1. The highest BCUT2D eigenvalue weighted by Crippen LogP contribution is 2.31. The number of benzene rings is 3. The van der Waals surface area contributed by atoms with E-state index in [4.69, 9.17) is 0 Å². The number of rotatable bonds is 5. The van der Waals surface area contributed by atoms with E-state index in [9.17, 15) is 14.3 Å². The molecule has 1 aliphatic heterocycles. The Bertz CT molecular complexity index is 1270. The minimum Gasteiger partial charge on any atom is -0.508 e. The Morgan fingerprint density at radius 1 is 0.939 bits per heavy atom.